The van der Waals surface area contributed by atoms with Gasteiger partial charge in [-0.1, -0.05) is 18.2 Å². The number of benzene rings is 1. The van der Waals surface area contributed by atoms with Crippen molar-refractivity contribution in [1.82, 2.24) is 5.32 Å². The van der Waals surface area contributed by atoms with Crippen LogP contribution in [0.5, 0.6) is 5.75 Å². The number of para-hydroxylation sites is 1. The van der Waals surface area contributed by atoms with Gasteiger partial charge in [0, 0.05) is 6.42 Å². The summed E-state index contributed by atoms with van der Waals surface area (Å²) in [4.78, 5) is 21.9. The van der Waals surface area contributed by atoms with Crippen molar-refractivity contribution in [2.75, 3.05) is 13.2 Å². The summed E-state index contributed by atoms with van der Waals surface area (Å²) in [6, 6.07) is 7.44. The van der Waals surface area contributed by atoms with Crippen molar-refractivity contribution in [3.05, 3.63) is 29.8 Å². The minimum Gasteiger partial charge on any atom is -0.494 e. The van der Waals surface area contributed by atoms with Gasteiger partial charge < -0.3 is 20.3 Å². The number of carbonyl (C=O) groups is 2. The highest BCUT2D eigenvalue weighted by atomic mass is 16.5. The lowest BCUT2D eigenvalue weighted by atomic mass is 10.1. The molecule has 1 aromatic carbocycles. The number of hydrogen-bond acceptors (Lipinski definition) is 4. The first kappa shape index (κ1) is 16.0. The predicted molar refractivity (Wildman–Crippen MR) is 72.6 cm³/mol. The quantitative estimate of drug-likeness (QED) is 0.648. The third-order valence-electron chi connectivity index (χ3n) is 2.67. The SMILES string of the molecule is CCOc1ccccc1CCC(=O)NC[C@H](O)C(=O)O. The molecule has 0 unspecified atom stereocenters. The number of aliphatic hydroxyl groups is 1. The van der Waals surface area contributed by atoms with Gasteiger partial charge in [-0.15, -0.1) is 0 Å². The summed E-state index contributed by atoms with van der Waals surface area (Å²) in [5.41, 5.74) is 0.920. The molecule has 0 heterocycles. The standard InChI is InChI=1S/C14H19NO5/c1-2-20-12-6-4-3-5-10(12)7-8-13(17)15-9-11(16)14(18)19/h3-6,11,16H,2,7-9H2,1H3,(H,15,17)(H,18,19)/t11-/m0/s1. The Hall–Kier alpha value is -2.08. The number of aryl methyl sites for hydroxylation is 1. The van der Waals surface area contributed by atoms with Crippen LogP contribution >= 0.6 is 0 Å². The number of aliphatic hydroxyl groups excluding tert-OH is 1. The third-order valence-corrected chi connectivity index (χ3v) is 2.67. The Morgan fingerprint density at radius 2 is 2.05 bits per heavy atom. The van der Waals surface area contributed by atoms with Crippen molar-refractivity contribution >= 4 is 11.9 Å². The summed E-state index contributed by atoms with van der Waals surface area (Å²) < 4.78 is 5.45. The van der Waals surface area contributed by atoms with E-state index in [0.29, 0.717) is 13.0 Å². The smallest absolute Gasteiger partial charge is 0.334 e. The van der Waals surface area contributed by atoms with E-state index in [0.717, 1.165) is 11.3 Å². The molecule has 110 valence electrons. The molecule has 0 saturated carbocycles. The van der Waals surface area contributed by atoms with E-state index in [2.05, 4.69) is 5.32 Å². The molecular formula is C14H19NO5. The second-order valence-electron chi connectivity index (χ2n) is 4.20. The van der Waals surface area contributed by atoms with Gasteiger partial charge in [0.2, 0.25) is 5.91 Å². The minimum absolute atomic E-state index is 0.205. The summed E-state index contributed by atoms with van der Waals surface area (Å²) in [5, 5.41) is 19.9. The van der Waals surface area contributed by atoms with Gasteiger partial charge in [-0.25, -0.2) is 4.79 Å². The van der Waals surface area contributed by atoms with Crippen LogP contribution in [-0.2, 0) is 16.0 Å². The lowest BCUT2D eigenvalue weighted by molar-refractivity contribution is -0.146. The molecular weight excluding hydrogens is 262 g/mol. The molecule has 6 heteroatoms. The molecule has 0 bridgehead atoms. The van der Waals surface area contributed by atoms with Crippen LogP contribution in [0.2, 0.25) is 0 Å². The van der Waals surface area contributed by atoms with Gasteiger partial charge in [0.1, 0.15) is 5.75 Å². The van der Waals surface area contributed by atoms with Crippen molar-refractivity contribution < 1.29 is 24.5 Å². The zero-order valence-electron chi connectivity index (χ0n) is 11.3. The van der Waals surface area contributed by atoms with E-state index >= 15 is 0 Å². The second-order valence-corrected chi connectivity index (χ2v) is 4.20. The topological polar surface area (TPSA) is 95.9 Å². The van der Waals surface area contributed by atoms with E-state index in [4.69, 9.17) is 14.9 Å². The normalized spacial score (nSPS) is 11.7. The molecule has 0 aliphatic carbocycles. The highest BCUT2D eigenvalue weighted by Gasteiger charge is 2.14. The number of rotatable bonds is 8. The molecule has 1 atom stereocenters. The summed E-state index contributed by atoms with van der Waals surface area (Å²) in [6.07, 6.45) is -0.878. The number of aliphatic carboxylic acids is 1. The van der Waals surface area contributed by atoms with E-state index in [1.165, 1.54) is 0 Å². The molecule has 0 radical (unpaired) electrons. The molecule has 1 aromatic rings. The van der Waals surface area contributed by atoms with Crippen molar-refractivity contribution in [2.24, 2.45) is 0 Å². The zero-order valence-corrected chi connectivity index (χ0v) is 11.3. The Bertz CT molecular complexity index is 461. The van der Waals surface area contributed by atoms with E-state index in [9.17, 15) is 9.59 Å². The largest absolute Gasteiger partial charge is 0.494 e. The highest BCUT2D eigenvalue weighted by Crippen LogP contribution is 2.19. The second kappa shape index (κ2) is 8.16. The van der Waals surface area contributed by atoms with Crippen molar-refractivity contribution in [2.45, 2.75) is 25.9 Å². The number of carbonyl (C=O) groups excluding carboxylic acids is 1. The fraction of sp³-hybridized carbons (Fsp3) is 0.429. The molecule has 3 N–H and O–H groups in total. The lowest BCUT2D eigenvalue weighted by Gasteiger charge is -2.10. The molecule has 0 aliphatic heterocycles. The first-order valence-electron chi connectivity index (χ1n) is 6.42. The average Bonchev–Trinajstić information content (AvgIpc) is 2.44. The number of amides is 1. The summed E-state index contributed by atoms with van der Waals surface area (Å²) >= 11 is 0. The first-order valence-corrected chi connectivity index (χ1v) is 6.42. The van der Waals surface area contributed by atoms with E-state index in [-0.39, 0.29) is 18.9 Å². The van der Waals surface area contributed by atoms with Crippen LogP contribution < -0.4 is 10.1 Å². The maximum Gasteiger partial charge on any atom is 0.334 e. The van der Waals surface area contributed by atoms with Crippen LogP contribution in [0.3, 0.4) is 0 Å². The molecule has 6 nitrogen and oxygen atoms in total. The van der Waals surface area contributed by atoms with Gasteiger partial charge >= 0.3 is 5.97 Å². The van der Waals surface area contributed by atoms with Gasteiger partial charge in [-0.3, -0.25) is 4.79 Å². The van der Waals surface area contributed by atoms with E-state index < -0.39 is 12.1 Å². The molecule has 1 amide bonds. The average molecular weight is 281 g/mol. The summed E-state index contributed by atoms with van der Waals surface area (Å²) in [7, 11) is 0. The van der Waals surface area contributed by atoms with E-state index in [1.807, 2.05) is 31.2 Å². The Labute approximate surface area is 117 Å². The Morgan fingerprint density at radius 3 is 2.70 bits per heavy atom. The molecule has 0 aromatic heterocycles. The monoisotopic (exact) mass is 281 g/mol. The fourth-order valence-corrected chi connectivity index (χ4v) is 1.64. The summed E-state index contributed by atoms with van der Waals surface area (Å²) in [6.45, 7) is 2.14. The van der Waals surface area contributed by atoms with Gasteiger partial charge in [0.05, 0.1) is 13.2 Å². The van der Waals surface area contributed by atoms with Crippen LogP contribution in [0, 0.1) is 0 Å². The molecule has 0 aliphatic rings. The highest BCUT2D eigenvalue weighted by molar-refractivity contribution is 5.78. The third kappa shape index (κ3) is 5.27. The Balaban J connectivity index is 2.43. The molecule has 1 rings (SSSR count). The van der Waals surface area contributed by atoms with E-state index in [1.54, 1.807) is 0 Å². The number of nitrogens with one attached hydrogen (secondary N) is 1. The molecule has 20 heavy (non-hydrogen) atoms. The number of ether oxygens (including phenoxy) is 1. The minimum atomic E-state index is -1.57. The predicted octanol–water partition coefficient (Wildman–Crippen LogP) is 0.580. The number of carboxylic acids is 1. The maximum absolute atomic E-state index is 11.6. The van der Waals surface area contributed by atoms with Crippen molar-refractivity contribution in [3.8, 4) is 5.75 Å². The molecule has 0 saturated heterocycles. The molecule has 0 fully saturated rings. The Morgan fingerprint density at radius 1 is 1.35 bits per heavy atom. The first-order chi connectivity index (χ1) is 9.54. The molecule has 0 spiro atoms. The van der Waals surface area contributed by atoms with Gasteiger partial charge in [-0.2, -0.15) is 0 Å². The number of carboxylic acid groups (broad SMARTS) is 1. The van der Waals surface area contributed by atoms with Crippen LogP contribution in [0.1, 0.15) is 18.9 Å². The van der Waals surface area contributed by atoms with Crippen molar-refractivity contribution in [3.63, 3.8) is 0 Å². The zero-order chi connectivity index (χ0) is 15.0. The number of hydrogen-bond donors (Lipinski definition) is 3. The maximum atomic E-state index is 11.6. The fourth-order valence-electron chi connectivity index (χ4n) is 1.64. The Kier molecular flexibility index (Phi) is 6.52. The lowest BCUT2D eigenvalue weighted by Crippen LogP contribution is -2.36. The van der Waals surface area contributed by atoms with Crippen LogP contribution in [0.15, 0.2) is 24.3 Å². The van der Waals surface area contributed by atoms with Crippen molar-refractivity contribution in [1.29, 1.82) is 0 Å². The van der Waals surface area contributed by atoms with Crippen LogP contribution in [0.4, 0.5) is 0 Å². The summed E-state index contributed by atoms with van der Waals surface area (Å²) in [5.74, 6) is -0.919. The van der Waals surface area contributed by atoms with Gasteiger partial charge in [0.15, 0.2) is 6.10 Å². The van der Waals surface area contributed by atoms with Gasteiger partial charge in [-0.05, 0) is 25.0 Å². The van der Waals surface area contributed by atoms with Crippen LogP contribution in [-0.4, -0.2) is 41.3 Å². The van der Waals surface area contributed by atoms with Crippen LogP contribution in [0.25, 0.3) is 0 Å². The van der Waals surface area contributed by atoms with Gasteiger partial charge in [0.25, 0.3) is 0 Å².